The van der Waals surface area contributed by atoms with E-state index in [1.165, 1.54) is 0 Å². The molecule has 0 unspecified atom stereocenters. The number of hydrogen-bond acceptors (Lipinski definition) is 3. The minimum absolute atomic E-state index is 0.140. The van der Waals surface area contributed by atoms with Crippen LogP contribution in [0.25, 0.3) is 0 Å². The summed E-state index contributed by atoms with van der Waals surface area (Å²) in [7, 11) is 3.51. The van der Waals surface area contributed by atoms with Crippen molar-refractivity contribution in [3.05, 3.63) is 28.8 Å². The van der Waals surface area contributed by atoms with Gasteiger partial charge in [0, 0.05) is 25.4 Å². The lowest BCUT2D eigenvalue weighted by Crippen LogP contribution is -2.21. The van der Waals surface area contributed by atoms with Crippen molar-refractivity contribution in [3.63, 3.8) is 0 Å². The number of carbonyl (C=O) groups is 1. The highest BCUT2D eigenvalue weighted by Gasteiger charge is 2.05. The molecule has 18 heavy (non-hydrogen) atoms. The summed E-state index contributed by atoms with van der Waals surface area (Å²) in [6.07, 6.45) is 1.37. The summed E-state index contributed by atoms with van der Waals surface area (Å²) >= 11 is 7.66. The quantitative estimate of drug-likeness (QED) is 0.615. The molecule has 0 fully saturated rings. The topological polar surface area (TPSA) is 44.1 Å². The van der Waals surface area contributed by atoms with Gasteiger partial charge < -0.3 is 4.90 Å². The Morgan fingerprint density at radius 3 is 2.78 bits per heavy atom. The summed E-state index contributed by atoms with van der Waals surface area (Å²) in [6.45, 7) is 0. The van der Waals surface area contributed by atoms with Gasteiger partial charge in [0.15, 0.2) is 0 Å². The molecule has 0 saturated carbocycles. The van der Waals surface area contributed by atoms with Crippen molar-refractivity contribution < 1.29 is 4.79 Å². The molecule has 0 spiro atoms. The molecule has 5 heteroatoms. The highest BCUT2D eigenvalue weighted by Crippen LogP contribution is 2.28. The van der Waals surface area contributed by atoms with Crippen molar-refractivity contribution in [1.29, 1.82) is 5.26 Å². The Bertz CT molecular complexity index is 469. The molecule has 96 valence electrons. The van der Waals surface area contributed by atoms with Gasteiger partial charge in [0.05, 0.1) is 16.7 Å². The van der Waals surface area contributed by atoms with E-state index in [1.54, 1.807) is 42.9 Å². The highest BCUT2D eigenvalue weighted by atomic mass is 35.5. The fourth-order valence-corrected chi connectivity index (χ4v) is 2.53. The number of amides is 1. The lowest BCUT2D eigenvalue weighted by atomic mass is 10.2. The van der Waals surface area contributed by atoms with Crippen LogP contribution in [0, 0.1) is 11.3 Å². The minimum atomic E-state index is 0.140. The number of rotatable bonds is 5. The number of hydrogen-bond donors (Lipinski definition) is 0. The molecule has 0 aliphatic carbocycles. The SMILES string of the molecule is CN(C)C(=O)CCCSc1ccc(C#N)cc1Cl. The van der Waals surface area contributed by atoms with Crippen molar-refractivity contribution in [2.45, 2.75) is 17.7 Å². The Morgan fingerprint density at radius 1 is 1.50 bits per heavy atom. The monoisotopic (exact) mass is 282 g/mol. The summed E-state index contributed by atoms with van der Waals surface area (Å²) in [4.78, 5) is 13.9. The molecule has 1 amide bonds. The first-order valence-electron chi connectivity index (χ1n) is 5.57. The zero-order valence-corrected chi connectivity index (χ0v) is 12.0. The van der Waals surface area contributed by atoms with Gasteiger partial charge in [0.2, 0.25) is 5.91 Å². The van der Waals surface area contributed by atoms with Crippen LogP contribution in [0.1, 0.15) is 18.4 Å². The Balaban J connectivity index is 2.41. The Morgan fingerprint density at radius 2 is 2.22 bits per heavy atom. The van der Waals surface area contributed by atoms with Crippen molar-refractivity contribution in [2.24, 2.45) is 0 Å². The molecule has 0 N–H and O–H groups in total. The van der Waals surface area contributed by atoms with E-state index in [-0.39, 0.29) is 5.91 Å². The predicted molar refractivity (Wildman–Crippen MR) is 74.8 cm³/mol. The molecule has 0 saturated heterocycles. The van der Waals surface area contributed by atoms with Gasteiger partial charge in [0.1, 0.15) is 0 Å². The van der Waals surface area contributed by atoms with Gasteiger partial charge in [-0.25, -0.2) is 0 Å². The molecule has 0 aliphatic heterocycles. The first kappa shape index (κ1) is 14.9. The average molecular weight is 283 g/mol. The molecule has 0 aliphatic rings. The van der Waals surface area contributed by atoms with Gasteiger partial charge in [-0.1, -0.05) is 11.6 Å². The minimum Gasteiger partial charge on any atom is -0.349 e. The molecule has 0 bridgehead atoms. The maximum atomic E-state index is 11.4. The first-order chi connectivity index (χ1) is 8.54. The number of halogens is 1. The summed E-state index contributed by atoms with van der Waals surface area (Å²) in [5, 5.41) is 9.32. The van der Waals surface area contributed by atoms with Crippen LogP contribution >= 0.6 is 23.4 Å². The zero-order chi connectivity index (χ0) is 13.5. The van der Waals surface area contributed by atoms with Gasteiger partial charge >= 0.3 is 0 Å². The summed E-state index contributed by atoms with van der Waals surface area (Å²) in [5.74, 6) is 0.979. The van der Waals surface area contributed by atoms with E-state index in [9.17, 15) is 4.79 Å². The van der Waals surface area contributed by atoms with Gasteiger partial charge in [-0.15, -0.1) is 11.8 Å². The van der Waals surface area contributed by atoms with Gasteiger partial charge in [-0.3, -0.25) is 4.79 Å². The van der Waals surface area contributed by atoms with Crippen LogP contribution in [0.2, 0.25) is 5.02 Å². The fourth-order valence-electron chi connectivity index (χ4n) is 1.32. The van der Waals surface area contributed by atoms with Crippen molar-refractivity contribution >= 4 is 29.3 Å². The first-order valence-corrected chi connectivity index (χ1v) is 6.93. The van der Waals surface area contributed by atoms with Crippen LogP contribution in [0.4, 0.5) is 0 Å². The van der Waals surface area contributed by atoms with E-state index in [4.69, 9.17) is 16.9 Å². The van der Waals surface area contributed by atoms with Crippen LogP contribution in [0.5, 0.6) is 0 Å². The predicted octanol–water partition coefficient (Wildman–Crippen LogP) is 3.17. The fraction of sp³-hybridized carbons (Fsp3) is 0.385. The molecule has 3 nitrogen and oxygen atoms in total. The number of nitrogens with zero attached hydrogens (tertiary/aromatic N) is 2. The standard InChI is InChI=1S/C13H15ClN2OS/c1-16(2)13(17)4-3-7-18-12-6-5-10(9-15)8-11(12)14/h5-6,8H,3-4,7H2,1-2H3. The number of nitriles is 1. The smallest absolute Gasteiger partial charge is 0.222 e. The van der Waals surface area contributed by atoms with Crippen LogP contribution < -0.4 is 0 Å². The third-order valence-electron chi connectivity index (χ3n) is 2.35. The number of benzene rings is 1. The van der Waals surface area contributed by atoms with E-state index in [0.29, 0.717) is 17.0 Å². The van der Waals surface area contributed by atoms with Crippen LogP contribution in [0.15, 0.2) is 23.1 Å². The molecule has 1 aromatic rings. The van der Waals surface area contributed by atoms with Crippen molar-refractivity contribution in [1.82, 2.24) is 4.90 Å². The maximum Gasteiger partial charge on any atom is 0.222 e. The average Bonchev–Trinajstić information content (AvgIpc) is 2.35. The zero-order valence-electron chi connectivity index (χ0n) is 10.4. The molecule has 0 heterocycles. The van der Waals surface area contributed by atoms with E-state index in [0.717, 1.165) is 17.1 Å². The van der Waals surface area contributed by atoms with Gasteiger partial charge in [0.25, 0.3) is 0 Å². The van der Waals surface area contributed by atoms with E-state index < -0.39 is 0 Å². The summed E-state index contributed by atoms with van der Waals surface area (Å²) in [5.41, 5.74) is 0.562. The van der Waals surface area contributed by atoms with Crippen LogP contribution in [-0.4, -0.2) is 30.7 Å². The summed E-state index contributed by atoms with van der Waals surface area (Å²) < 4.78 is 0. The van der Waals surface area contributed by atoms with E-state index >= 15 is 0 Å². The maximum absolute atomic E-state index is 11.4. The van der Waals surface area contributed by atoms with E-state index in [1.807, 2.05) is 12.1 Å². The lowest BCUT2D eigenvalue weighted by molar-refractivity contribution is -0.128. The Labute approximate surface area is 117 Å². The Kier molecular flexibility index (Phi) is 6.03. The molecule has 0 radical (unpaired) electrons. The van der Waals surface area contributed by atoms with Crippen LogP contribution in [-0.2, 0) is 4.79 Å². The second-order valence-corrected chi connectivity index (χ2v) is 5.54. The number of carbonyl (C=O) groups excluding carboxylic acids is 1. The van der Waals surface area contributed by atoms with E-state index in [2.05, 4.69) is 0 Å². The second kappa shape index (κ2) is 7.30. The largest absolute Gasteiger partial charge is 0.349 e. The van der Waals surface area contributed by atoms with Crippen LogP contribution in [0.3, 0.4) is 0 Å². The number of thioether (sulfide) groups is 1. The molecule has 0 atom stereocenters. The van der Waals surface area contributed by atoms with Gasteiger partial charge in [-0.05, 0) is 30.4 Å². The molecule has 1 aromatic carbocycles. The van der Waals surface area contributed by atoms with Crippen molar-refractivity contribution in [3.8, 4) is 6.07 Å². The third kappa shape index (κ3) is 4.59. The molecule has 0 aromatic heterocycles. The highest BCUT2D eigenvalue weighted by molar-refractivity contribution is 7.99. The molecular weight excluding hydrogens is 268 g/mol. The normalized spacial score (nSPS) is 9.89. The van der Waals surface area contributed by atoms with Gasteiger partial charge in [-0.2, -0.15) is 5.26 Å². The van der Waals surface area contributed by atoms with Crippen molar-refractivity contribution in [2.75, 3.05) is 19.8 Å². The Hall–Kier alpha value is -1.18. The molecule has 1 rings (SSSR count). The third-order valence-corrected chi connectivity index (χ3v) is 3.94. The second-order valence-electron chi connectivity index (χ2n) is 4.00. The molecular formula is C13H15ClN2OS. The lowest BCUT2D eigenvalue weighted by Gasteiger charge is -2.09. The summed E-state index contributed by atoms with van der Waals surface area (Å²) in [6, 6.07) is 7.30.